The lowest BCUT2D eigenvalue weighted by atomic mass is 9.78. The van der Waals surface area contributed by atoms with Crippen LogP contribution in [-0.2, 0) is 22.2 Å². The Kier molecular flexibility index (Phi) is 16.4. The van der Waals surface area contributed by atoms with Crippen LogP contribution in [0, 0.1) is 0 Å². The van der Waals surface area contributed by atoms with E-state index >= 15 is 0 Å². The molecule has 0 spiro atoms. The average Bonchev–Trinajstić information content (AvgIpc) is 3.31. The van der Waals surface area contributed by atoms with Gasteiger partial charge in [0.15, 0.2) is 0 Å². The molecule has 0 amide bonds. The Balaban J connectivity index is 0.000000248. The molecule has 291 valence electrons. The number of benzene rings is 4. The van der Waals surface area contributed by atoms with Gasteiger partial charge < -0.3 is 38.7 Å². The predicted octanol–water partition coefficient (Wildman–Crippen LogP) is 8.39. The molecular weight excluding hydrogens is 725 g/mol. The number of ether oxygens (including phenoxy) is 2. The Morgan fingerprint density at radius 1 is 0.630 bits per heavy atom. The minimum Gasteiger partial charge on any atom is -0.537 e. The molecule has 12 heteroatoms. The highest BCUT2D eigenvalue weighted by atomic mass is 35.5. The maximum atomic E-state index is 9.10. The summed E-state index contributed by atoms with van der Waals surface area (Å²) in [5.41, 5.74) is 2.58. The molecule has 54 heavy (non-hydrogen) atoms. The average molecular weight is 780 g/mol. The molecule has 1 radical (unpaired) electrons. The molecule has 5 rings (SSSR count). The summed E-state index contributed by atoms with van der Waals surface area (Å²) in [6.45, 7) is 19.8. The Hall–Kier alpha value is -3.21. The number of rotatable bonds is 12. The molecule has 0 bridgehead atoms. The fourth-order valence-electron chi connectivity index (χ4n) is 4.86. The minimum absolute atomic E-state index is 0.355. The summed E-state index contributed by atoms with van der Waals surface area (Å²) in [4.78, 5) is 0. The van der Waals surface area contributed by atoms with Gasteiger partial charge in [0, 0.05) is 10.0 Å². The van der Waals surface area contributed by atoms with Crippen LogP contribution in [-0.4, -0.2) is 65.7 Å². The third kappa shape index (κ3) is 13.2. The molecule has 0 unspecified atom stereocenters. The topological polar surface area (TPSA) is 107 Å². The summed E-state index contributed by atoms with van der Waals surface area (Å²) < 4.78 is 28.2. The fraction of sp³-hybridized carbons (Fsp3) is 0.429. The van der Waals surface area contributed by atoms with Gasteiger partial charge in [0.1, 0.15) is 17.2 Å². The fourth-order valence-corrected chi connectivity index (χ4v) is 5.23. The van der Waals surface area contributed by atoms with Crippen LogP contribution < -0.4 is 19.6 Å². The quantitative estimate of drug-likeness (QED) is 0.123. The zero-order valence-corrected chi connectivity index (χ0v) is 34.7. The largest absolute Gasteiger partial charge is 0.569 e. The maximum Gasteiger partial charge on any atom is 0.569 e. The predicted molar refractivity (Wildman–Crippen MR) is 221 cm³/mol. The van der Waals surface area contributed by atoms with Crippen molar-refractivity contribution in [3.8, 4) is 17.2 Å². The lowest BCUT2D eigenvalue weighted by Crippen LogP contribution is -2.44. The smallest absolute Gasteiger partial charge is 0.537 e. The zero-order chi connectivity index (χ0) is 40.3. The molecule has 1 saturated heterocycles. The highest BCUT2D eigenvalue weighted by Gasteiger charge is 2.51. The van der Waals surface area contributed by atoms with Gasteiger partial charge in [0.05, 0.1) is 35.6 Å². The second-order valence-electron chi connectivity index (χ2n) is 15.0. The molecule has 1 aliphatic heterocycles. The van der Waals surface area contributed by atoms with Crippen LogP contribution in [0.5, 0.6) is 17.2 Å². The summed E-state index contributed by atoms with van der Waals surface area (Å²) in [7, 11) is 0.278. The van der Waals surface area contributed by atoms with Gasteiger partial charge in [0.2, 0.25) is 0 Å². The van der Waals surface area contributed by atoms with Crippen molar-refractivity contribution in [2.45, 2.75) is 104 Å². The molecule has 0 saturated carbocycles. The number of aliphatic hydroxyl groups is 2. The first-order valence-corrected chi connectivity index (χ1v) is 18.9. The van der Waals surface area contributed by atoms with E-state index in [2.05, 4.69) is 45.9 Å². The normalized spacial score (nSPS) is 14.6. The molecule has 0 atom stereocenters. The first kappa shape index (κ1) is 45.2. The molecule has 0 aromatic heterocycles. The van der Waals surface area contributed by atoms with Gasteiger partial charge in [-0.25, -0.2) is 0 Å². The second-order valence-corrected chi connectivity index (χ2v) is 15.9. The van der Waals surface area contributed by atoms with Crippen LogP contribution >= 0.6 is 23.2 Å². The first-order chi connectivity index (χ1) is 25.2. The van der Waals surface area contributed by atoms with E-state index in [1.54, 1.807) is 39.8 Å². The Morgan fingerprint density at radius 2 is 1.02 bits per heavy atom. The van der Waals surface area contributed by atoms with Crippen LogP contribution in [0.1, 0.15) is 91.5 Å². The van der Waals surface area contributed by atoms with Crippen molar-refractivity contribution < 1.29 is 38.7 Å². The Bertz CT molecular complexity index is 1720. The summed E-state index contributed by atoms with van der Waals surface area (Å²) >= 11 is 12.6. The summed E-state index contributed by atoms with van der Waals surface area (Å²) in [5, 5.41) is 28.3. The van der Waals surface area contributed by atoms with Gasteiger partial charge in [-0.2, -0.15) is 0 Å². The molecule has 8 nitrogen and oxygen atoms in total. The third-order valence-corrected chi connectivity index (χ3v) is 10.3. The van der Waals surface area contributed by atoms with Gasteiger partial charge in [-0.1, -0.05) is 59.6 Å². The van der Waals surface area contributed by atoms with E-state index in [-0.39, 0.29) is 18.3 Å². The highest BCUT2D eigenvalue weighted by Crippen LogP contribution is 2.37. The van der Waals surface area contributed by atoms with Crippen molar-refractivity contribution in [2.24, 2.45) is 0 Å². The molecule has 4 aromatic rings. The van der Waals surface area contributed by atoms with E-state index in [0.29, 0.717) is 38.1 Å². The van der Waals surface area contributed by atoms with Gasteiger partial charge in [-0.15, -0.1) is 0 Å². The lowest BCUT2D eigenvalue weighted by Gasteiger charge is -2.32. The Morgan fingerprint density at radius 3 is 1.41 bits per heavy atom. The van der Waals surface area contributed by atoms with Crippen molar-refractivity contribution in [3.05, 3.63) is 117 Å². The van der Waals surface area contributed by atoms with Crippen LogP contribution in [0.3, 0.4) is 0 Å². The zero-order valence-electron chi connectivity index (χ0n) is 33.2. The van der Waals surface area contributed by atoms with Crippen LogP contribution in [0.2, 0.25) is 10.0 Å². The lowest BCUT2D eigenvalue weighted by molar-refractivity contribution is -0.107. The van der Waals surface area contributed by atoms with Crippen LogP contribution in [0.4, 0.5) is 0 Å². The van der Waals surface area contributed by atoms with Crippen molar-refractivity contribution in [3.63, 3.8) is 0 Å². The first-order valence-electron chi connectivity index (χ1n) is 18.1. The Labute approximate surface area is 333 Å². The van der Waals surface area contributed by atoms with Crippen molar-refractivity contribution in [2.75, 3.05) is 13.2 Å². The summed E-state index contributed by atoms with van der Waals surface area (Å²) in [5.74, 6) is 2.29. The monoisotopic (exact) mass is 779 g/mol. The SMILES string of the molecule is CC(C)(O)C(C)(C)O.CCOc1ccc(Cc2cc(B3OC(C)(C)C(C)(C)O3)ccc2Cl)cc1.CCOc1ccc(Cc2cc(O[B]O)ccc2Cl)cc1. The molecule has 0 aliphatic carbocycles. The van der Waals surface area contributed by atoms with E-state index in [1.165, 1.54) is 5.56 Å². The number of hydrogen-bond acceptors (Lipinski definition) is 8. The van der Waals surface area contributed by atoms with Crippen molar-refractivity contribution >= 4 is 43.5 Å². The van der Waals surface area contributed by atoms with Gasteiger partial charge in [0.25, 0.3) is 0 Å². The number of hydrogen-bond donors (Lipinski definition) is 3. The molecule has 4 aromatic carbocycles. The molecule has 1 aliphatic rings. The molecule has 1 heterocycles. The van der Waals surface area contributed by atoms with Gasteiger partial charge >= 0.3 is 14.8 Å². The third-order valence-electron chi connectivity index (χ3n) is 9.56. The molecule has 3 N–H and O–H groups in total. The van der Waals surface area contributed by atoms with Gasteiger partial charge in [-0.3, -0.25) is 0 Å². The maximum absolute atomic E-state index is 9.10. The van der Waals surface area contributed by atoms with E-state index in [0.717, 1.165) is 45.1 Å². The van der Waals surface area contributed by atoms with E-state index < -0.39 is 11.2 Å². The molecule has 1 fully saturated rings. The van der Waals surface area contributed by atoms with Crippen LogP contribution in [0.25, 0.3) is 0 Å². The van der Waals surface area contributed by atoms with Crippen molar-refractivity contribution in [1.29, 1.82) is 0 Å². The van der Waals surface area contributed by atoms with E-state index in [1.807, 2.05) is 68.4 Å². The van der Waals surface area contributed by atoms with Crippen molar-refractivity contribution in [1.82, 2.24) is 0 Å². The van der Waals surface area contributed by atoms with Gasteiger partial charge in [-0.05, 0) is 158 Å². The molecular formula is C42H55B2Cl2O8. The summed E-state index contributed by atoms with van der Waals surface area (Å²) in [6, 6.07) is 27.3. The summed E-state index contributed by atoms with van der Waals surface area (Å²) in [6.07, 6.45) is 1.44. The standard InChI is InChI=1S/C21H26BClO3.C15H15BClO3.C6H14O2/c1-6-24-18-10-7-15(8-11-18)13-16-14-17(9-12-19(16)23)22-25-20(2,3)21(4,5)26-22;1-2-19-13-5-3-11(4-6-13)9-12-10-14(20-16-18)7-8-15(12)17;1-5(2,7)6(3,4)8/h7-12,14H,6,13H2,1-5H3;3-8,10,18H,2,9H2,1H3;7-8H,1-4H3. The second kappa shape index (κ2) is 19.6. The van der Waals surface area contributed by atoms with E-state index in [9.17, 15) is 0 Å². The highest BCUT2D eigenvalue weighted by molar-refractivity contribution is 6.62. The van der Waals surface area contributed by atoms with E-state index in [4.69, 9.17) is 61.9 Å². The number of halogens is 2. The van der Waals surface area contributed by atoms with Crippen LogP contribution in [0.15, 0.2) is 84.9 Å². The minimum atomic E-state index is -1.01.